The van der Waals surface area contributed by atoms with Crippen molar-refractivity contribution in [3.63, 3.8) is 0 Å². The van der Waals surface area contributed by atoms with E-state index in [0.29, 0.717) is 9.75 Å². The van der Waals surface area contributed by atoms with Crippen LogP contribution in [0.3, 0.4) is 0 Å². The average Bonchev–Trinajstić information content (AvgIpc) is 3.53. The first-order chi connectivity index (χ1) is 15.2. The van der Waals surface area contributed by atoms with E-state index in [4.69, 9.17) is 9.47 Å². The number of aromatic nitrogens is 2. The lowest BCUT2D eigenvalue weighted by atomic mass is 10.3. The largest absolute Gasteiger partial charge is 0.454 e. The summed E-state index contributed by atoms with van der Waals surface area (Å²) in [5, 5.41) is 1.45. The number of fused-ring (bicyclic) bond motifs is 2. The van der Waals surface area contributed by atoms with Gasteiger partial charge in [-0.05, 0) is 36.4 Å². The Labute approximate surface area is 188 Å². The molecule has 0 amide bonds. The Morgan fingerprint density at radius 3 is 1.55 bits per heavy atom. The molecule has 0 unspecified atom stereocenters. The molecule has 9 heteroatoms. The molecule has 0 radical (unpaired) electrons. The highest BCUT2D eigenvalue weighted by Crippen LogP contribution is 2.25. The van der Waals surface area contributed by atoms with Gasteiger partial charge in [0.2, 0.25) is 0 Å². The van der Waals surface area contributed by atoms with Crippen molar-refractivity contribution in [2.75, 3.05) is 0 Å². The number of rotatable bonds is 6. The van der Waals surface area contributed by atoms with Gasteiger partial charge < -0.3 is 9.47 Å². The Hall–Kier alpha value is -3.14. The molecule has 31 heavy (non-hydrogen) atoms. The van der Waals surface area contributed by atoms with E-state index in [-0.39, 0.29) is 13.2 Å². The van der Waals surface area contributed by atoms with Crippen molar-refractivity contribution in [1.29, 1.82) is 0 Å². The van der Waals surface area contributed by atoms with Gasteiger partial charge in [-0.2, -0.15) is 0 Å². The Bertz CT molecular complexity index is 1230. The molecule has 0 N–H and O–H groups in total. The number of carbonyl (C=O) groups is 2. The van der Waals surface area contributed by atoms with E-state index in [1.165, 1.54) is 22.7 Å². The molecule has 3 heterocycles. The first-order valence-electron chi connectivity index (χ1n) is 9.29. The molecule has 2 aromatic carbocycles. The van der Waals surface area contributed by atoms with Crippen LogP contribution < -0.4 is 0 Å². The Morgan fingerprint density at radius 1 is 0.645 bits per heavy atom. The van der Waals surface area contributed by atoms with Gasteiger partial charge in [-0.15, -0.1) is 34.0 Å². The van der Waals surface area contributed by atoms with Crippen molar-refractivity contribution in [1.82, 2.24) is 9.97 Å². The van der Waals surface area contributed by atoms with E-state index in [0.717, 1.165) is 41.8 Å². The summed E-state index contributed by atoms with van der Waals surface area (Å²) < 4.78 is 12.8. The van der Waals surface area contributed by atoms with Crippen molar-refractivity contribution >= 4 is 66.4 Å². The predicted octanol–water partition coefficient (Wildman–Crippen LogP) is 5.68. The number of nitrogens with zero attached hydrogens (tertiary/aromatic N) is 2. The number of hydrogen-bond donors (Lipinski definition) is 0. The summed E-state index contributed by atoms with van der Waals surface area (Å²) in [6.45, 7) is 0.181. The molecule has 6 nitrogen and oxygen atoms in total. The van der Waals surface area contributed by atoms with Crippen molar-refractivity contribution in [2.45, 2.75) is 13.2 Å². The number of ether oxygens (including phenoxy) is 2. The minimum Gasteiger partial charge on any atom is -0.454 e. The maximum atomic E-state index is 12.4. The molecule has 0 saturated carbocycles. The average molecular weight is 467 g/mol. The van der Waals surface area contributed by atoms with Gasteiger partial charge in [0.1, 0.15) is 33.0 Å². The number of thiazole rings is 2. The second-order valence-corrected chi connectivity index (χ2v) is 9.78. The first-order valence-corrected chi connectivity index (χ1v) is 11.7. The minimum absolute atomic E-state index is 0.0907. The highest BCUT2D eigenvalue weighted by atomic mass is 32.1. The van der Waals surface area contributed by atoms with Crippen LogP contribution in [-0.2, 0) is 22.7 Å². The molecule has 0 aliphatic heterocycles. The summed E-state index contributed by atoms with van der Waals surface area (Å²) in [7, 11) is 0. The van der Waals surface area contributed by atoms with E-state index in [1.54, 1.807) is 12.1 Å². The third kappa shape index (κ3) is 4.34. The summed E-state index contributed by atoms with van der Waals surface area (Å²) in [5.74, 6) is -0.982. The lowest BCUT2D eigenvalue weighted by molar-refractivity contribution is 0.0472. The zero-order valence-electron chi connectivity index (χ0n) is 15.9. The topological polar surface area (TPSA) is 78.4 Å². The molecule has 0 saturated heterocycles. The van der Waals surface area contributed by atoms with Crippen molar-refractivity contribution in [3.8, 4) is 0 Å². The van der Waals surface area contributed by atoms with Crippen molar-refractivity contribution in [2.24, 2.45) is 0 Å². The van der Waals surface area contributed by atoms with Crippen molar-refractivity contribution < 1.29 is 19.1 Å². The normalized spacial score (nSPS) is 11.1. The number of carbonyl (C=O) groups excluding carboxylic acids is 2. The van der Waals surface area contributed by atoms with E-state index in [9.17, 15) is 9.59 Å². The number of thiophene rings is 1. The lowest BCUT2D eigenvalue weighted by Gasteiger charge is -2.00. The van der Waals surface area contributed by atoms with Gasteiger partial charge >= 0.3 is 11.9 Å². The van der Waals surface area contributed by atoms with Gasteiger partial charge in [-0.3, -0.25) is 0 Å². The van der Waals surface area contributed by atoms with Gasteiger partial charge in [-0.1, -0.05) is 24.3 Å². The third-order valence-corrected chi connectivity index (χ3v) is 7.40. The monoisotopic (exact) mass is 466 g/mol. The first kappa shape index (κ1) is 19.8. The molecule has 3 aromatic heterocycles. The number of hydrogen-bond acceptors (Lipinski definition) is 9. The Morgan fingerprint density at radius 2 is 1.10 bits per heavy atom. The fourth-order valence-electron chi connectivity index (χ4n) is 2.92. The summed E-state index contributed by atoms with van der Waals surface area (Å²) in [6, 6.07) is 18.7. The molecule has 154 valence electrons. The van der Waals surface area contributed by atoms with Gasteiger partial charge in [0.05, 0.1) is 20.4 Å². The van der Waals surface area contributed by atoms with Gasteiger partial charge in [0.15, 0.2) is 0 Å². The molecule has 0 aliphatic carbocycles. The van der Waals surface area contributed by atoms with Crippen LogP contribution in [0.5, 0.6) is 0 Å². The van der Waals surface area contributed by atoms with Crippen LogP contribution in [0.2, 0.25) is 0 Å². The van der Waals surface area contributed by atoms with E-state index in [1.807, 2.05) is 48.5 Å². The van der Waals surface area contributed by atoms with Crippen LogP contribution in [0.15, 0.2) is 60.7 Å². The van der Waals surface area contributed by atoms with E-state index < -0.39 is 11.9 Å². The van der Waals surface area contributed by atoms with Crippen LogP contribution in [0.4, 0.5) is 0 Å². The summed E-state index contributed by atoms with van der Waals surface area (Å²) >= 11 is 4.02. The third-order valence-electron chi connectivity index (χ3n) is 4.34. The van der Waals surface area contributed by atoms with Gasteiger partial charge in [-0.25, -0.2) is 19.6 Å². The second-order valence-electron chi connectivity index (χ2n) is 6.47. The number of esters is 2. The number of para-hydroxylation sites is 2. The Balaban J connectivity index is 1.18. The maximum absolute atomic E-state index is 12.4. The van der Waals surface area contributed by atoms with Gasteiger partial charge in [0, 0.05) is 0 Å². The van der Waals surface area contributed by atoms with Crippen LogP contribution in [0, 0.1) is 0 Å². The zero-order valence-corrected chi connectivity index (χ0v) is 18.4. The predicted molar refractivity (Wildman–Crippen MR) is 122 cm³/mol. The summed E-state index contributed by atoms with van der Waals surface area (Å²) in [6.07, 6.45) is 0. The molecule has 0 bridgehead atoms. The maximum Gasteiger partial charge on any atom is 0.348 e. The second kappa shape index (κ2) is 8.54. The summed E-state index contributed by atoms with van der Waals surface area (Å²) in [4.78, 5) is 34.3. The lowest BCUT2D eigenvalue weighted by Crippen LogP contribution is -2.04. The van der Waals surface area contributed by atoms with E-state index >= 15 is 0 Å². The van der Waals surface area contributed by atoms with Crippen LogP contribution in [0.25, 0.3) is 20.4 Å². The van der Waals surface area contributed by atoms with Gasteiger partial charge in [0.25, 0.3) is 0 Å². The molecule has 5 aromatic rings. The molecule has 5 rings (SSSR count). The molecule has 0 fully saturated rings. The highest BCUT2D eigenvalue weighted by molar-refractivity contribution is 7.19. The Kier molecular flexibility index (Phi) is 5.46. The fourth-order valence-corrected chi connectivity index (χ4v) is 5.47. The van der Waals surface area contributed by atoms with Crippen LogP contribution in [0.1, 0.15) is 29.4 Å². The summed E-state index contributed by atoms with van der Waals surface area (Å²) in [5.41, 5.74) is 1.76. The minimum atomic E-state index is -0.491. The smallest absolute Gasteiger partial charge is 0.348 e. The SMILES string of the molecule is O=C(OCc1nc2ccccc2s1)c1ccc(C(=O)OCc2nc3ccccc3s2)s1. The molecule has 0 aliphatic rings. The highest BCUT2D eigenvalue weighted by Gasteiger charge is 2.17. The standard InChI is InChI=1S/C22H14N2O4S3/c25-21(27-11-19-23-13-5-1-3-7-15(13)30-19)17-9-10-18(29-17)22(26)28-12-20-24-14-6-2-4-8-16(14)31-20/h1-10H,11-12H2. The molecule has 0 atom stereocenters. The van der Waals surface area contributed by atoms with Crippen LogP contribution >= 0.6 is 34.0 Å². The number of benzene rings is 2. The van der Waals surface area contributed by atoms with Crippen molar-refractivity contribution in [3.05, 3.63) is 80.4 Å². The fraction of sp³-hybridized carbons (Fsp3) is 0.0909. The van der Waals surface area contributed by atoms with E-state index in [2.05, 4.69) is 9.97 Å². The molecular weight excluding hydrogens is 452 g/mol. The quantitative estimate of drug-likeness (QED) is 0.300. The zero-order chi connectivity index (χ0) is 21.2. The molecular formula is C22H14N2O4S3. The molecule has 0 spiro atoms. The van der Waals surface area contributed by atoms with Crippen LogP contribution in [-0.4, -0.2) is 21.9 Å².